The highest BCUT2D eigenvalue weighted by Gasteiger charge is 2.23. The number of rotatable bonds is 4. The molecule has 0 aliphatic heterocycles. The second kappa shape index (κ2) is 4.05. The maximum absolute atomic E-state index is 11.3. The molecule has 2 rings (SSSR count). The first kappa shape index (κ1) is 10.2. The Morgan fingerprint density at radius 3 is 2.73 bits per heavy atom. The van der Waals surface area contributed by atoms with Gasteiger partial charge >= 0.3 is 0 Å². The molecule has 0 spiro atoms. The molecule has 1 aliphatic rings. The molecular weight excluding hydrogens is 188 g/mol. The van der Waals surface area contributed by atoms with E-state index in [2.05, 4.69) is 0 Å². The van der Waals surface area contributed by atoms with Crippen LogP contribution in [0.4, 0.5) is 0 Å². The van der Waals surface area contributed by atoms with E-state index in [1.165, 1.54) is 18.4 Å². The molecule has 2 heteroatoms. The van der Waals surface area contributed by atoms with Crippen molar-refractivity contribution in [1.29, 1.82) is 0 Å². The highest BCUT2D eigenvalue weighted by molar-refractivity contribution is 5.94. The van der Waals surface area contributed by atoms with Crippen molar-refractivity contribution in [3.05, 3.63) is 29.3 Å². The van der Waals surface area contributed by atoms with Crippen LogP contribution in [0.5, 0.6) is 5.75 Å². The largest absolute Gasteiger partial charge is 0.496 e. The minimum Gasteiger partial charge on any atom is -0.496 e. The Kier molecular flexibility index (Phi) is 2.76. The van der Waals surface area contributed by atoms with Gasteiger partial charge in [0, 0.05) is 5.56 Å². The van der Waals surface area contributed by atoms with E-state index in [1.54, 1.807) is 14.0 Å². The van der Waals surface area contributed by atoms with Gasteiger partial charge in [-0.3, -0.25) is 4.79 Å². The quantitative estimate of drug-likeness (QED) is 0.705. The molecule has 1 aliphatic carbocycles. The van der Waals surface area contributed by atoms with Crippen molar-refractivity contribution in [1.82, 2.24) is 0 Å². The number of ketones is 1. The molecule has 0 atom stereocenters. The number of benzene rings is 1. The molecule has 1 aromatic rings. The summed E-state index contributed by atoms with van der Waals surface area (Å²) in [5, 5.41) is 0. The van der Waals surface area contributed by atoms with Gasteiger partial charge < -0.3 is 4.74 Å². The minimum absolute atomic E-state index is 0.120. The Hall–Kier alpha value is -1.31. The minimum atomic E-state index is 0.120. The molecule has 1 aromatic carbocycles. The summed E-state index contributed by atoms with van der Waals surface area (Å²) in [5.41, 5.74) is 1.96. The third-order valence-electron chi connectivity index (χ3n) is 2.89. The molecule has 0 radical (unpaired) electrons. The van der Waals surface area contributed by atoms with Gasteiger partial charge in [0.25, 0.3) is 0 Å². The van der Waals surface area contributed by atoms with Gasteiger partial charge in [0.05, 0.1) is 7.11 Å². The number of carbonyl (C=O) groups is 1. The van der Waals surface area contributed by atoms with Gasteiger partial charge in [-0.2, -0.15) is 0 Å². The van der Waals surface area contributed by atoms with E-state index >= 15 is 0 Å². The first-order valence-electron chi connectivity index (χ1n) is 5.38. The summed E-state index contributed by atoms with van der Waals surface area (Å²) in [6.45, 7) is 1.60. The lowest BCUT2D eigenvalue weighted by Crippen LogP contribution is -1.98. The van der Waals surface area contributed by atoms with Crippen molar-refractivity contribution in [2.45, 2.75) is 26.2 Å². The Balaban J connectivity index is 2.28. The first-order chi connectivity index (χ1) is 7.20. The van der Waals surface area contributed by atoms with E-state index in [-0.39, 0.29) is 5.78 Å². The van der Waals surface area contributed by atoms with Gasteiger partial charge in [0.15, 0.2) is 5.78 Å². The second-order valence-corrected chi connectivity index (χ2v) is 4.23. The molecule has 80 valence electrons. The molecule has 0 saturated heterocycles. The van der Waals surface area contributed by atoms with Crippen LogP contribution in [0.1, 0.15) is 35.7 Å². The van der Waals surface area contributed by atoms with E-state index in [9.17, 15) is 4.79 Å². The van der Waals surface area contributed by atoms with Crippen LogP contribution in [0, 0.1) is 5.92 Å². The van der Waals surface area contributed by atoms with Crippen molar-refractivity contribution in [2.75, 3.05) is 7.11 Å². The van der Waals surface area contributed by atoms with Gasteiger partial charge in [-0.1, -0.05) is 0 Å². The average Bonchev–Trinajstić information content (AvgIpc) is 3.01. The van der Waals surface area contributed by atoms with Crippen LogP contribution in [0.3, 0.4) is 0 Å². The van der Waals surface area contributed by atoms with Gasteiger partial charge in [0.2, 0.25) is 0 Å². The van der Waals surface area contributed by atoms with E-state index in [1.807, 2.05) is 18.2 Å². The van der Waals surface area contributed by atoms with Crippen molar-refractivity contribution < 1.29 is 9.53 Å². The monoisotopic (exact) mass is 204 g/mol. The molecule has 15 heavy (non-hydrogen) atoms. The van der Waals surface area contributed by atoms with Gasteiger partial charge in [-0.25, -0.2) is 0 Å². The van der Waals surface area contributed by atoms with Crippen LogP contribution in [-0.4, -0.2) is 12.9 Å². The number of carbonyl (C=O) groups excluding carboxylic acids is 1. The molecular formula is C13H16O2. The summed E-state index contributed by atoms with van der Waals surface area (Å²) < 4.78 is 5.30. The van der Waals surface area contributed by atoms with Crippen LogP contribution in [0.25, 0.3) is 0 Å². The highest BCUT2D eigenvalue weighted by Crippen LogP contribution is 2.35. The van der Waals surface area contributed by atoms with Gasteiger partial charge in [0.1, 0.15) is 5.75 Å². The summed E-state index contributed by atoms with van der Waals surface area (Å²) in [6, 6.07) is 5.70. The number of methoxy groups -OCH3 is 1. The van der Waals surface area contributed by atoms with Crippen LogP contribution < -0.4 is 4.74 Å². The van der Waals surface area contributed by atoms with E-state index < -0.39 is 0 Å². The third kappa shape index (κ3) is 2.38. The molecule has 0 heterocycles. The zero-order chi connectivity index (χ0) is 10.8. The number of hydrogen-bond acceptors (Lipinski definition) is 2. The predicted octanol–water partition coefficient (Wildman–Crippen LogP) is 2.85. The molecule has 0 N–H and O–H groups in total. The van der Waals surface area contributed by atoms with Crippen molar-refractivity contribution in [2.24, 2.45) is 5.92 Å². The fourth-order valence-corrected chi connectivity index (χ4v) is 1.79. The smallest absolute Gasteiger partial charge is 0.159 e. The molecule has 0 aromatic heterocycles. The summed E-state index contributed by atoms with van der Waals surface area (Å²) in [7, 11) is 1.68. The molecule has 0 bridgehead atoms. The fourth-order valence-electron chi connectivity index (χ4n) is 1.79. The van der Waals surface area contributed by atoms with Crippen LogP contribution in [0.2, 0.25) is 0 Å². The zero-order valence-electron chi connectivity index (χ0n) is 9.25. The van der Waals surface area contributed by atoms with Crippen molar-refractivity contribution in [3.63, 3.8) is 0 Å². The molecule has 1 saturated carbocycles. The number of ether oxygens (including phenoxy) is 1. The summed E-state index contributed by atoms with van der Waals surface area (Å²) in [6.07, 6.45) is 3.67. The lowest BCUT2D eigenvalue weighted by atomic mass is 10.0. The van der Waals surface area contributed by atoms with Crippen LogP contribution in [0.15, 0.2) is 18.2 Å². The first-order valence-corrected chi connectivity index (χ1v) is 5.38. The molecule has 1 fully saturated rings. The Bertz CT molecular complexity index is 378. The number of Topliss-reactive ketones (excluding diaryl/α,β-unsaturated/α-hetero) is 1. The van der Waals surface area contributed by atoms with Gasteiger partial charge in [-0.15, -0.1) is 0 Å². The highest BCUT2D eigenvalue weighted by atomic mass is 16.5. The van der Waals surface area contributed by atoms with Crippen molar-refractivity contribution >= 4 is 5.78 Å². The summed E-state index contributed by atoms with van der Waals surface area (Å²) >= 11 is 0. The molecule has 2 nitrogen and oxygen atoms in total. The normalized spacial score (nSPS) is 15.1. The van der Waals surface area contributed by atoms with Gasteiger partial charge in [-0.05, 0) is 55.9 Å². The Labute approximate surface area is 90.3 Å². The lowest BCUT2D eigenvalue weighted by Gasteiger charge is -2.09. The molecule has 0 amide bonds. The summed E-state index contributed by atoms with van der Waals surface area (Å²) in [4.78, 5) is 11.3. The SMILES string of the molecule is COc1ccc(C(C)=O)cc1CC1CC1. The number of hydrogen-bond donors (Lipinski definition) is 0. The Morgan fingerprint density at radius 1 is 1.47 bits per heavy atom. The maximum Gasteiger partial charge on any atom is 0.159 e. The average molecular weight is 204 g/mol. The Morgan fingerprint density at radius 2 is 2.20 bits per heavy atom. The van der Waals surface area contributed by atoms with E-state index in [4.69, 9.17) is 4.74 Å². The lowest BCUT2D eigenvalue weighted by molar-refractivity contribution is 0.101. The predicted molar refractivity (Wildman–Crippen MR) is 59.4 cm³/mol. The second-order valence-electron chi connectivity index (χ2n) is 4.23. The van der Waals surface area contributed by atoms with Crippen LogP contribution in [-0.2, 0) is 6.42 Å². The van der Waals surface area contributed by atoms with E-state index in [0.29, 0.717) is 0 Å². The third-order valence-corrected chi connectivity index (χ3v) is 2.89. The standard InChI is InChI=1S/C13H16O2/c1-9(14)11-5-6-13(15-2)12(8-11)7-10-3-4-10/h5-6,8,10H,3-4,7H2,1-2H3. The van der Waals surface area contributed by atoms with Crippen LogP contribution >= 0.6 is 0 Å². The zero-order valence-corrected chi connectivity index (χ0v) is 9.25. The molecule has 0 unspecified atom stereocenters. The topological polar surface area (TPSA) is 26.3 Å². The maximum atomic E-state index is 11.3. The summed E-state index contributed by atoms with van der Waals surface area (Å²) in [5.74, 6) is 1.84. The van der Waals surface area contributed by atoms with Crippen molar-refractivity contribution in [3.8, 4) is 5.75 Å². The van der Waals surface area contributed by atoms with E-state index in [0.717, 1.165) is 23.7 Å². The fraction of sp³-hybridized carbons (Fsp3) is 0.462.